The number of hydrogen-bond donors (Lipinski definition) is 1. The molecule has 0 aliphatic heterocycles. The summed E-state index contributed by atoms with van der Waals surface area (Å²) in [7, 11) is 0. The molecule has 0 amide bonds. The summed E-state index contributed by atoms with van der Waals surface area (Å²) in [6.45, 7) is 4.17. The lowest BCUT2D eigenvalue weighted by Gasteiger charge is -2.24. The SMILES string of the molecule is CCNCC(Cc1ccc(F)cc1Cl)C1CCCC1. The van der Waals surface area contributed by atoms with Gasteiger partial charge in [0.05, 0.1) is 0 Å². The fourth-order valence-corrected chi connectivity index (χ4v) is 3.38. The second kappa shape index (κ2) is 7.25. The van der Waals surface area contributed by atoms with Gasteiger partial charge in [-0.15, -0.1) is 0 Å². The summed E-state index contributed by atoms with van der Waals surface area (Å²) < 4.78 is 13.1. The Bertz CT molecular complexity index is 402. The maximum absolute atomic E-state index is 13.1. The van der Waals surface area contributed by atoms with Crippen molar-refractivity contribution in [2.45, 2.75) is 39.0 Å². The highest BCUT2D eigenvalue weighted by Crippen LogP contribution is 2.34. The van der Waals surface area contributed by atoms with Crippen LogP contribution in [0.3, 0.4) is 0 Å². The molecule has 19 heavy (non-hydrogen) atoms. The van der Waals surface area contributed by atoms with Crippen molar-refractivity contribution in [2.75, 3.05) is 13.1 Å². The molecular weight excluding hydrogens is 261 g/mol. The first-order valence-electron chi connectivity index (χ1n) is 7.35. The summed E-state index contributed by atoms with van der Waals surface area (Å²) in [4.78, 5) is 0. The van der Waals surface area contributed by atoms with Crippen molar-refractivity contribution in [2.24, 2.45) is 11.8 Å². The molecule has 1 aromatic rings. The van der Waals surface area contributed by atoms with Gasteiger partial charge in [-0.25, -0.2) is 4.39 Å². The molecule has 0 radical (unpaired) electrons. The van der Waals surface area contributed by atoms with E-state index in [1.54, 1.807) is 0 Å². The maximum atomic E-state index is 13.1. The predicted molar refractivity (Wildman–Crippen MR) is 79.1 cm³/mol. The predicted octanol–water partition coefficient (Wildman–Crippen LogP) is 4.44. The van der Waals surface area contributed by atoms with Crippen LogP contribution in [0.2, 0.25) is 5.02 Å². The quantitative estimate of drug-likeness (QED) is 0.814. The van der Waals surface area contributed by atoms with E-state index >= 15 is 0 Å². The highest BCUT2D eigenvalue weighted by Gasteiger charge is 2.25. The fourth-order valence-electron chi connectivity index (χ4n) is 3.13. The Balaban J connectivity index is 2.05. The maximum Gasteiger partial charge on any atom is 0.124 e. The van der Waals surface area contributed by atoms with Crippen LogP contribution in [0.1, 0.15) is 38.2 Å². The first-order chi connectivity index (χ1) is 9.20. The third-order valence-electron chi connectivity index (χ3n) is 4.22. The molecule has 2 rings (SSSR count). The summed E-state index contributed by atoms with van der Waals surface area (Å²) in [6, 6.07) is 4.78. The van der Waals surface area contributed by atoms with Crippen molar-refractivity contribution in [1.82, 2.24) is 5.32 Å². The summed E-state index contributed by atoms with van der Waals surface area (Å²) in [5.74, 6) is 1.16. The largest absolute Gasteiger partial charge is 0.317 e. The van der Waals surface area contributed by atoms with Gasteiger partial charge in [-0.2, -0.15) is 0 Å². The Labute approximate surface area is 120 Å². The molecule has 0 bridgehead atoms. The van der Waals surface area contributed by atoms with Crippen LogP contribution in [0.4, 0.5) is 4.39 Å². The minimum Gasteiger partial charge on any atom is -0.317 e. The Morgan fingerprint density at radius 1 is 1.37 bits per heavy atom. The first-order valence-corrected chi connectivity index (χ1v) is 7.73. The van der Waals surface area contributed by atoms with E-state index in [-0.39, 0.29) is 5.82 Å². The topological polar surface area (TPSA) is 12.0 Å². The van der Waals surface area contributed by atoms with Crippen LogP contribution >= 0.6 is 11.6 Å². The highest BCUT2D eigenvalue weighted by molar-refractivity contribution is 6.31. The van der Waals surface area contributed by atoms with Gasteiger partial charge in [0.2, 0.25) is 0 Å². The van der Waals surface area contributed by atoms with Gasteiger partial charge in [-0.05, 0) is 49.0 Å². The lowest BCUT2D eigenvalue weighted by Crippen LogP contribution is -2.29. The van der Waals surface area contributed by atoms with Gasteiger partial charge in [-0.3, -0.25) is 0 Å². The van der Waals surface area contributed by atoms with Gasteiger partial charge in [0.15, 0.2) is 0 Å². The standard InChI is InChI=1S/C16H23ClFN/c1-2-19-11-14(12-5-3-4-6-12)9-13-7-8-15(18)10-16(13)17/h7-8,10,12,14,19H,2-6,9,11H2,1H3. The molecule has 106 valence electrons. The molecule has 1 aliphatic carbocycles. The van der Waals surface area contributed by atoms with Crippen molar-refractivity contribution >= 4 is 11.6 Å². The normalized spacial score (nSPS) is 17.8. The van der Waals surface area contributed by atoms with Crippen LogP contribution in [0, 0.1) is 17.7 Å². The molecule has 1 N–H and O–H groups in total. The molecular formula is C16H23ClFN. The Kier molecular flexibility index (Phi) is 5.65. The minimum absolute atomic E-state index is 0.252. The monoisotopic (exact) mass is 283 g/mol. The smallest absolute Gasteiger partial charge is 0.124 e. The van der Waals surface area contributed by atoms with Crippen molar-refractivity contribution in [3.05, 3.63) is 34.6 Å². The van der Waals surface area contributed by atoms with Crippen molar-refractivity contribution < 1.29 is 4.39 Å². The third-order valence-corrected chi connectivity index (χ3v) is 4.57. The molecule has 1 aromatic carbocycles. The lowest BCUT2D eigenvalue weighted by molar-refractivity contribution is 0.323. The molecule has 1 unspecified atom stereocenters. The van der Waals surface area contributed by atoms with Gasteiger partial charge in [-0.1, -0.05) is 50.3 Å². The zero-order valence-electron chi connectivity index (χ0n) is 11.6. The summed E-state index contributed by atoms with van der Waals surface area (Å²) in [6.07, 6.45) is 6.31. The molecule has 1 atom stereocenters. The van der Waals surface area contributed by atoms with Gasteiger partial charge >= 0.3 is 0 Å². The van der Waals surface area contributed by atoms with Crippen LogP contribution in [0.15, 0.2) is 18.2 Å². The van der Waals surface area contributed by atoms with Gasteiger partial charge in [0.1, 0.15) is 5.82 Å². The highest BCUT2D eigenvalue weighted by atomic mass is 35.5. The molecule has 0 saturated heterocycles. The van der Waals surface area contributed by atoms with Crippen LogP contribution in [-0.2, 0) is 6.42 Å². The van der Waals surface area contributed by atoms with Crippen LogP contribution in [-0.4, -0.2) is 13.1 Å². The molecule has 1 fully saturated rings. The average Bonchev–Trinajstić information content (AvgIpc) is 2.90. The molecule has 1 aliphatic rings. The molecule has 3 heteroatoms. The zero-order chi connectivity index (χ0) is 13.7. The fraction of sp³-hybridized carbons (Fsp3) is 0.625. The van der Waals surface area contributed by atoms with E-state index < -0.39 is 0 Å². The minimum atomic E-state index is -0.252. The van der Waals surface area contributed by atoms with Crippen LogP contribution in [0.5, 0.6) is 0 Å². The number of rotatable bonds is 6. The molecule has 0 heterocycles. The van der Waals surface area contributed by atoms with Crippen LogP contribution < -0.4 is 5.32 Å². The first kappa shape index (κ1) is 14.8. The molecule has 0 spiro atoms. The second-order valence-electron chi connectivity index (χ2n) is 5.55. The Morgan fingerprint density at radius 3 is 2.74 bits per heavy atom. The number of nitrogens with one attached hydrogen (secondary N) is 1. The van der Waals surface area contributed by atoms with Crippen molar-refractivity contribution in [3.8, 4) is 0 Å². The third kappa shape index (κ3) is 4.19. The molecule has 1 nitrogen and oxygen atoms in total. The zero-order valence-corrected chi connectivity index (χ0v) is 12.3. The Hall–Kier alpha value is -0.600. The second-order valence-corrected chi connectivity index (χ2v) is 5.96. The number of hydrogen-bond acceptors (Lipinski definition) is 1. The van der Waals surface area contributed by atoms with E-state index in [2.05, 4.69) is 12.2 Å². The van der Waals surface area contributed by atoms with Crippen LogP contribution in [0.25, 0.3) is 0 Å². The number of halogens is 2. The molecule has 1 saturated carbocycles. The van der Waals surface area contributed by atoms with Crippen molar-refractivity contribution in [1.29, 1.82) is 0 Å². The number of benzene rings is 1. The van der Waals surface area contributed by atoms with Gasteiger partial charge < -0.3 is 5.32 Å². The van der Waals surface area contributed by atoms with E-state index in [1.165, 1.54) is 37.8 Å². The summed E-state index contributed by atoms with van der Waals surface area (Å²) in [5, 5.41) is 4.03. The summed E-state index contributed by atoms with van der Waals surface area (Å²) in [5.41, 5.74) is 1.08. The lowest BCUT2D eigenvalue weighted by atomic mass is 9.85. The van der Waals surface area contributed by atoms with E-state index in [0.717, 1.165) is 31.0 Å². The van der Waals surface area contributed by atoms with E-state index in [0.29, 0.717) is 10.9 Å². The van der Waals surface area contributed by atoms with E-state index in [9.17, 15) is 4.39 Å². The van der Waals surface area contributed by atoms with Crippen molar-refractivity contribution in [3.63, 3.8) is 0 Å². The average molecular weight is 284 g/mol. The van der Waals surface area contributed by atoms with E-state index in [4.69, 9.17) is 11.6 Å². The van der Waals surface area contributed by atoms with E-state index in [1.807, 2.05) is 6.07 Å². The van der Waals surface area contributed by atoms with Gasteiger partial charge in [0, 0.05) is 5.02 Å². The molecule has 0 aromatic heterocycles. The summed E-state index contributed by atoms with van der Waals surface area (Å²) >= 11 is 6.15. The van der Waals surface area contributed by atoms with Gasteiger partial charge in [0.25, 0.3) is 0 Å². The Morgan fingerprint density at radius 2 is 2.11 bits per heavy atom.